The molecule has 0 unspecified atom stereocenters. The monoisotopic (exact) mass is 333 g/mol. The van der Waals surface area contributed by atoms with E-state index in [0.29, 0.717) is 11.8 Å². The number of aromatic nitrogens is 2. The molecular weight excluding hydrogens is 306 g/mol. The lowest BCUT2D eigenvalue weighted by Gasteiger charge is -2.28. The van der Waals surface area contributed by atoms with Crippen LogP contribution in [0.5, 0.6) is 0 Å². The van der Waals surface area contributed by atoms with Crippen LogP contribution in [0.4, 0.5) is 5.82 Å². The maximum absolute atomic E-state index is 4.99. The lowest BCUT2D eigenvalue weighted by atomic mass is 10.1. The van der Waals surface area contributed by atoms with Gasteiger partial charge in [-0.2, -0.15) is 0 Å². The van der Waals surface area contributed by atoms with Gasteiger partial charge in [-0.1, -0.05) is 70.2 Å². The van der Waals surface area contributed by atoms with Gasteiger partial charge in [-0.15, -0.1) is 0 Å². The van der Waals surface area contributed by atoms with Crippen LogP contribution in [0.3, 0.4) is 0 Å². The van der Waals surface area contributed by atoms with E-state index in [-0.39, 0.29) is 0 Å². The Labute approximate surface area is 150 Å². The van der Waals surface area contributed by atoms with Gasteiger partial charge in [-0.25, -0.2) is 9.97 Å². The summed E-state index contributed by atoms with van der Waals surface area (Å²) in [5.41, 5.74) is 2.06. The summed E-state index contributed by atoms with van der Waals surface area (Å²) in [5.74, 6) is 3.00. The highest BCUT2D eigenvalue weighted by Gasteiger charge is 2.17. The van der Waals surface area contributed by atoms with Gasteiger partial charge in [-0.3, -0.25) is 0 Å². The number of para-hydroxylation sites is 1. The van der Waals surface area contributed by atoms with E-state index in [4.69, 9.17) is 9.97 Å². The third-order valence-electron chi connectivity index (χ3n) is 4.09. The molecule has 3 rings (SSSR count). The van der Waals surface area contributed by atoms with Crippen LogP contribution in [-0.2, 0) is 0 Å². The average molecular weight is 333 g/mol. The summed E-state index contributed by atoms with van der Waals surface area (Å²) < 4.78 is 0. The van der Waals surface area contributed by atoms with Crippen molar-refractivity contribution in [3.63, 3.8) is 0 Å². The third kappa shape index (κ3) is 4.16. The molecule has 3 nitrogen and oxygen atoms in total. The van der Waals surface area contributed by atoms with Crippen LogP contribution in [0.25, 0.3) is 22.3 Å². The highest BCUT2D eigenvalue weighted by Crippen LogP contribution is 2.28. The summed E-state index contributed by atoms with van der Waals surface area (Å²) in [5, 5.41) is 1.13. The van der Waals surface area contributed by atoms with Crippen molar-refractivity contribution in [2.45, 2.75) is 27.7 Å². The maximum atomic E-state index is 4.99. The molecule has 0 spiro atoms. The second-order valence-corrected chi connectivity index (χ2v) is 7.45. The fourth-order valence-electron chi connectivity index (χ4n) is 3.15. The number of benzene rings is 2. The van der Waals surface area contributed by atoms with Crippen molar-refractivity contribution in [3.8, 4) is 11.4 Å². The van der Waals surface area contributed by atoms with Crippen molar-refractivity contribution < 1.29 is 0 Å². The Kier molecular flexibility index (Phi) is 5.32. The van der Waals surface area contributed by atoms with E-state index in [1.54, 1.807) is 0 Å². The van der Waals surface area contributed by atoms with Crippen molar-refractivity contribution >= 4 is 16.7 Å². The minimum atomic E-state index is 0.577. The number of hydrogen-bond donors (Lipinski definition) is 0. The second-order valence-electron chi connectivity index (χ2n) is 7.45. The van der Waals surface area contributed by atoms with Gasteiger partial charge in [0.1, 0.15) is 5.82 Å². The van der Waals surface area contributed by atoms with Crippen molar-refractivity contribution in [2.24, 2.45) is 11.8 Å². The molecule has 0 saturated carbocycles. The largest absolute Gasteiger partial charge is 0.355 e. The molecule has 1 aromatic heterocycles. The lowest BCUT2D eigenvalue weighted by Crippen LogP contribution is -2.32. The molecule has 3 heteroatoms. The van der Waals surface area contributed by atoms with E-state index >= 15 is 0 Å². The Bertz CT molecular complexity index is 815. The molecule has 0 bridgehead atoms. The smallest absolute Gasteiger partial charge is 0.162 e. The van der Waals surface area contributed by atoms with E-state index in [1.807, 2.05) is 24.3 Å². The molecule has 3 aromatic rings. The Hall–Kier alpha value is -2.42. The number of anilines is 1. The zero-order chi connectivity index (χ0) is 17.8. The molecule has 0 radical (unpaired) electrons. The van der Waals surface area contributed by atoms with Gasteiger partial charge in [0.2, 0.25) is 0 Å². The predicted molar refractivity (Wildman–Crippen MR) is 107 cm³/mol. The van der Waals surface area contributed by atoms with Crippen LogP contribution in [0.1, 0.15) is 27.7 Å². The summed E-state index contributed by atoms with van der Waals surface area (Å²) in [4.78, 5) is 12.2. The van der Waals surface area contributed by atoms with Gasteiger partial charge in [0, 0.05) is 24.0 Å². The minimum absolute atomic E-state index is 0.577. The van der Waals surface area contributed by atoms with E-state index in [9.17, 15) is 0 Å². The van der Waals surface area contributed by atoms with Gasteiger partial charge in [0.25, 0.3) is 0 Å². The van der Waals surface area contributed by atoms with Crippen molar-refractivity contribution in [1.29, 1.82) is 0 Å². The van der Waals surface area contributed by atoms with E-state index in [1.165, 1.54) is 0 Å². The molecular formula is C22H27N3. The normalized spacial score (nSPS) is 11.4. The molecule has 130 valence electrons. The fourth-order valence-corrected chi connectivity index (χ4v) is 3.15. The van der Waals surface area contributed by atoms with Gasteiger partial charge < -0.3 is 4.90 Å². The zero-order valence-corrected chi connectivity index (χ0v) is 15.6. The Morgan fingerprint density at radius 2 is 1.36 bits per heavy atom. The first-order valence-corrected chi connectivity index (χ1v) is 9.11. The first-order chi connectivity index (χ1) is 12.0. The SMILES string of the molecule is CC(C)CN(CC(C)C)c1nc(-c2ccccc2)nc2ccccc12. The zero-order valence-electron chi connectivity index (χ0n) is 15.6. The molecule has 0 fully saturated rings. The number of fused-ring (bicyclic) bond motifs is 1. The summed E-state index contributed by atoms with van der Waals surface area (Å²) in [7, 11) is 0. The van der Waals surface area contributed by atoms with Crippen LogP contribution in [0.15, 0.2) is 54.6 Å². The standard InChI is InChI=1S/C22H27N3/c1-16(2)14-25(15-17(3)4)22-19-12-8-9-13-20(19)23-21(24-22)18-10-6-5-7-11-18/h5-13,16-17H,14-15H2,1-4H3. The molecule has 1 heterocycles. The summed E-state index contributed by atoms with van der Waals surface area (Å²) in [6.45, 7) is 11.0. The molecule has 0 N–H and O–H groups in total. The second kappa shape index (κ2) is 7.64. The first kappa shape index (κ1) is 17.4. The molecule has 0 amide bonds. The maximum Gasteiger partial charge on any atom is 0.162 e. The Balaban J connectivity index is 2.17. The van der Waals surface area contributed by atoms with E-state index in [0.717, 1.165) is 41.2 Å². The lowest BCUT2D eigenvalue weighted by molar-refractivity contribution is 0.550. The Morgan fingerprint density at radius 1 is 0.760 bits per heavy atom. The minimum Gasteiger partial charge on any atom is -0.355 e. The molecule has 0 atom stereocenters. The number of hydrogen-bond acceptors (Lipinski definition) is 3. The molecule has 25 heavy (non-hydrogen) atoms. The molecule has 0 aliphatic carbocycles. The Morgan fingerprint density at radius 3 is 2.00 bits per heavy atom. The van der Waals surface area contributed by atoms with Crippen LogP contribution in [0, 0.1) is 11.8 Å². The third-order valence-corrected chi connectivity index (χ3v) is 4.09. The van der Waals surface area contributed by atoms with Gasteiger partial charge in [0.05, 0.1) is 5.52 Å². The molecule has 0 aliphatic rings. The highest BCUT2D eigenvalue weighted by atomic mass is 15.2. The van der Waals surface area contributed by atoms with Crippen molar-refractivity contribution in [2.75, 3.05) is 18.0 Å². The van der Waals surface area contributed by atoms with Gasteiger partial charge in [0.15, 0.2) is 5.82 Å². The van der Waals surface area contributed by atoms with Crippen LogP contribution in [0.2, 0.25) is 0 Å². The summed E-state index contributed by atoms with van der Waals surface area (Å²) in [6, 6.07) is 18.6. The van der Waals surface area contributed by atoms with Crippen LogP contribution in [-0.4, -0.2) is 23.1 Å². The summed E-state index contributed by atoms with van der Waals surface area (Å²) in [6.07, 6.45) is 0. The van der Waals surface area contributed by atoms with Crippen LogP contribution < -0.4 is 4.90 Å². The van der Waals surface area contributed by atoms with E-state index in [2.05, 4.69) is 62.9 Å². The number of nitrogens with zero attached hydrogens (tertiary/aromatic N) is 3. The topological polar surface area (TPSA) is 29.0 Å². The average Bonchev–Trinajstić information content (AvgIpc) is 2.60. The first-order valence-electron chi connectivity index (χ1n) is 9.11. The quantitative estimate of drug-likeness (QED) is 0.603. The molecule has 0 aliphatic heterocycles. The number of rotatable bonds is 6. The fraction of sp³-hybridized carbons (Fsp3) is 0.364. The van der Waals surface area contributed by atoms with Crippen molar-refractivity contribution in [1.82, 2.24) is 9.97 Å². The van der Waals surface area contributed by atoms with Crippen molar-refractivity contribution in [3.05, 3.63) is 54.6 Å². The predicted octanol–water partition coefficient (Wildman–Crippen LogP) is 5.42. The van der Waals surface area contributed by atoms with E-state index < -0.39 is 0 Å². The van der Waals surface area contributed by atoms with Gasteiger partial charge in [-0.05, 0) is 24.0 Å². The molecule has 0 saturated heterocycles. The highest BCUT2D eigenvalue weighted by molar-refractivity contribution is 5.91. The van der Waals surface area contributed by atoms with Gasteiger partial charge >= 0.3 is 0 Å². The summed E-state index contributed by atoms with van der Waals surface area (Å²) >= 11 is 0. The van der Waals surface area contributed by atoms with Crippen LogP contribution >= 0.6 is 0 Å². The molecule has 2 aromatic carbocycles.